The molecular weight excluding hydrogens is 432 g/mol. The van der Waals surface area contributed by atoms with Crippen LogP contribution in [0.1, 0.15) is 21.5 Å². The fourth-order valence-corrected chi connectivity index (χ4v) is 3.83. The van der Waals surface area contributed by atoms with Gasteiger partial charge in [-0.3, -0.25) is 9.69 Å². The molecule has 0 saturated carbocycles. The highest BCUT2D eigenvalue weighted by Gasteiger charge is 2.36. The average Bonchev–Trinajstić information content (AvgIpc) is 2.97. The first kappa shape index (κ1) is 19.9. The van der Waals surface area contributed by atoms with Gasteiger partial charge in [0.05, 0.1) is 16.9 Å². The van der Waals surface area contributed by atoms with Gasteiger partial charge in [-0.15, -0.1) is 0 Å². The van der Waals surface area contributed by atoms with Crippen LogP contribution in [-0.4, -0.2) is 22.1 Å². The van der Waals surface area contributed by atoms with E-state index >= 15 is 0 Å². The molecule has 0 radical (unpaired) electrons. The van der Waals surface area contributed by atoms with Crippen LogP contribution in [0.3, 0.4) is 0 Å². The number of carboxylic acid groups (broad SMARTS) is 1. The van der Waals surface area contributed by atoms with Gasteiger partial charge in [0.15, 0.2) is 0 Å². The first-order valence-electron chi connectivity index (χ1n) is 8.65. The lowest BCUT2D eigenvalue weighted by Gasteiger charge is -2.18. The van der Waals surface area contributed by atoms with Crippen molar-refractivity contribution in [2.75, 3.05) is 4.90 Å². The summed E-state index contributed by atoms with van der Waals surface area (Å²) in [6.45, 7) is 0. The molecule has 0 aliphatic carbocycles. The molecule has 3 aromatic carbocycles. The molecule has 2 N–H and O–H groups in total. The largest absolute Gasteiger partial charge is 0.507 e. The minimum Gasteiger partial charge on any atom is -0.507 e. The molecule has 0 atom stereocenters. The summed E-state index contributed by atoms with van der Waals surface area (Å²) in [6, 6.07) is 12.7. The van der Waals surface area contributed by atoms with Crippen LogP contribution >= 0.6 is 23.2 Å². The Labute approximate surface area is 180 Å². The Bertz CT molecular complexity index is 1240. The van der Waals surface area contributed by atoms with E-state index in [0.717, 1.165) is 6.07 Å². The molecule has 3 aromatic rings. The van der Waals surface area contributed by atoms with Crippen LogP contribution < -0.4 is 4.90 Å². The third-order valence-corrected chi connectivity index (χ3v) is 5.35. The fraction of sp³-hybridized carbons (Fsp3) is 0. The number of carbonyl (C=O) groups is 2. The zero-order chi connectivity index (χ0) is 21.6. The number of amides is 1. The van der Waals surface area contributed by atoms with Crippen molar-refractivity contribution in [2.24, 2.45) is 0 Å². The second-order valence-electron chi connectivity index (χ2n) is 6.47. The second-order valence-corrected chi connectivity index (χ2v) is 7.29. The van der Waals surface area contributed by atoms with Crippen molar-refractivity contribution in [3.8, 4) is 5.75 Å². The van der Waals surface area contributed by atoms with Gasteiger partial charge in [0.1, 0.15) is 17.1 Å². The molecule has 1 heterocycles. The number of halogens is 3. The van der Waals surface area contributed by atoms with Gasteiger partial charge in [-0.1, -0.05) is 35.3 Å². The second kappa shape index (κ2) is 7.48. The Hall–Kier alpha value is -3.35. The summed E-state index contributed by atoms with van der Waals surface area (Å²) < 4.78 is 14.7. The van der Waals surface area contributed by atoms with Crippen LogP contribution in [0.5, 0.6) is 5.75 Å². The Balaban J connectivity index is 1.92. The van der Waals surface area contributed by atoms with Crippen molar-refractivity contribution in [2.45, 2.75) is 0 Å². The SMILES string of the molecule is O=C(O)c1ccc(N2C(=O)/C(=C\c3c(Cl)cccc3Cl)c3c(F)cccc32)cc1O. The normalized spacial score (nSPS) is 14.3. The number of rotatable bonds is 3. The minimum atomic E-state index is -1.31. The molecule has 0 unspecified atom stereocenters. The zero-order valence-corrected chi connectivity index (χ0v) is 16.6. The summed E-state index contributed by atoms with van der Waals surface area (Å²) in [6.07, 6.45) is 1.42. The summed E-state index contributed by atoms with van der Waals surface area (Å²) >= 11 is 12.4. The van der Waals surface area contributed by atoms with E-state index in [1.54, 1.807) is 24.3 Å². The van der Waals surface area contributed by atoms with Gasteiger partial charge in [-0.25, -0.2) is 9.18 Å². The van der Waals surface area contributed by atoms with E-state index in [1.807, 2.05) is 0 Å². The highest BCUT2D eigenvalue weighted by atomic mass is 35.5. The smallest absolute Gasteiger partial charge is 0.339 e. The number of aromatic carboxylic acids is 1. The maximum Gasteiger partial charge on any atom is 0.339 e. The molecule has 0 aromatic heterocycles. The van der Waals surface area contributed by atoms with Crippen molar-refractivity contribution in [3.63, 3.8) is 0 Å². The predicted molar refractivity (Wildman–Crippen MR) is 113 cm³/mol. The van der Waals surface area contributed by atoms with Gasteiger partial charge in [-0.2, -0.15) is 0 Å². The lowest BCUT2D eigenvalue weighted by atomic mass is 10.0. The van der Waals surface area contributed by atoms with E-state index in [4.69, 9.17) is 28.3 Å². The van der Waals surface area contributed by atoms with Crippen molar-refractivity contribution in [1.29, 1.82) is 0 Å². The molecule has 1 amide bonds. The summed E-state index contributed by atoms with van der Waals surface area (Å²) in [5.41, 5.74) is 0.563. The number of carboxylic acids is 1. The molecule has 0 spiro atoms. The summed E-state index contributed by atoms with van der Waals surface area (Å²) in [5.74, 6) is -3.03. The highest BCUT2D eigenvalue weighted by Crippen LogP contribution is 2.45. The van der Waals surface area contributed by atoms with Gasteiger partial charge in [0.2, 0.25) is 0 Å². The van der Waals surface area contributed by atoms with E-state index < -0.39 is 23.4 Å². The first-order chi connectivity index (χ1) is 14.3. The van der Waals surface area contributed by atoms with Gasteiger partial charge < -0.3 is 10.2 Å². The summed E-state index contributed by atoms with van der Waals surface area (Å²) in [5, 5.41) is 19.7. The topological polar surface area (TPSA) is 77.8 Å². The highest BCUT2D eigenvalue weighted by molar-refractivity contribution is 6.41. The number of hydrogen-bond donors (Lipinski definition) is 2. The van der Waals surface area contributed by atoms with E-state index in [-0.39, 0.29) is 28.1 Å². The number of nitrogens with zero attached hydrogens (tertiary/aromatic N) is 1. The average molecular weight is 444 g/mol. The Morgan fingerprint density at radius 1 is 1.03 bits per heavy atom. The monoisotopic (exact) mass is 443 g/mol. The Kier molecular flexibility index (Phi) is 4.97. The molecule has 30 heavy (non-hydrogen) atoms. The number of benzene rings is 3. The maximum atomic E-state index is 14.7. The Morgan fingerprint density at radius 3 is 2.33 bits per heavy atom. The van der Waals surface area contributed by atoms with E-state index in [2.05, 4.69) is 0 Å². The van der Waals surface area contributed by atoms with Crippen LogP contribution in [-0.2, 0) is 4.79 Å². The van der Waals surface area contributed by atoms with Gasteiger partial charge >= 0.3 is 5.97 Å². The van der Waals surface area contributed by atoms with Crippen molar-refractivity contribution in [3.05, 3.63) is 87.2 Å². The molecule has 4 rings (SSSR count). The third-order valence-electron chi connectivity index (χ3n) is 4.69. The Morgan fingerprint density at radius 2 is 1.70 bits per heavy atom. The summed E-state index contributed by atoms with van der Waals surface area (Å²) in [4.78, 5) is 25.6. The molecule has 0 fully saturated rings. The van der Waals surface area contributed by atoms with Gasteiger partial charge in [0, 0.05) is 27.2 Å². The van der Waals surface area contributed by atoms with E-state index in [0.29, 0.717) is 15.6 Å². The van der Waals surface area contributed by atoms with Crippen molar-refractivity contribution < 1.29 is 24.2 Å². The molecule has 1 aliphatic rings. The number of anilines is 2. The number of aromatic hydroxyl groups is 1. The van der Waals surface area contributed by atoms with Crippen LogP contribution in [0.15, 0.2) is 54.6 Å². The standard InChI is InChI=1S/C22H12Cl2FNO4/c23-15-3-1-4-16(24)13(15)10-14-20-17(25)5-2-6-18(20)26(21(14)28)11-7-8-12(22(29)30)19(27)9-11/h1-10,27H,(H,29,30)/b14-10-. The lowest BCUT2D eigenvalue weighted by Crippen LogP contribution is -2.20. The molecule has 1 aliphatic heterocycles. The predicted octanol–water partition coefficient (Wildman–Crippen LogP) is 5.76. The van der Waals surface area contributed by atoms with Crippen LogP contribution in [0, 0.1) is 5.82 Å². The quantitative estimate of drug-likeness (QED) is 0.504. The van der Waals surface area contributed by atoms with Crippen molar-refractivity contribution in [1.82, 2.24) is 0 Å². The van der Waals surface area contributed by atoms with Crippen molar-refractivity contribution >= 4 is 58.1 Å². The molecule has 0 bridgehead atoms. The van der Waals surface area contributed by atoms with Crippen LogP contribution in [0.25, 0.3) is 11.6 Å². The number of fused-ring (bicyclic) bond motifs is 1. The van der Waals surface area contributed by atoms with Gasteiger partial charge in [-0.05, 0) is 42.5 Å². The maximum absolute atomic E-state index is 14.7. The molecule has 8 heteroatoms. The zero-order valence-electron chi connectivity index (χ0n) is 15.1. The fourth-order valence-electron chi connectivity index (χ4n) is 3.33. The minimum absolute atomic E-state index is 0.0277. The first-order valence-corrected chi connectivity index (χ1v) is 9.40. The number of hydrogen-bond acceptors (Lipinski definition) is 3. The molecule has 5 nitrogen and oxygen atoms in total. The molecule has 150 valence electrons. The van der Waals surface area contributed by atoms with Crippen LogP contribution in [0.2, 0.25) is 10.0 Å². The van der Waals surface area contributed by atoms with Crippen LogP contribution in [0.4, 0.5) is 15.8 Å². The van der Waals surface area contributed by atoms with E-state index in [1.165, 1.54) is 35.2 Å². The third kappa shape index (κ3) is 3.20. The number of carbonyl (C=O) groups excluding carboxylic acids is 1. The van der Waals surface area contributed by atoms with Gasteiger partial charge in [0.25, 0.3) is 5.91 Å². The molecular formula is C22H12Cl2FNO4. The van der Waals surface area contributed by atoms with E-state index in [9.17, 15) is 19.1 Å². The summed E-state index contributed by atoms with van der Waals surface area (Å²) in [7, 11) is 0. The molecule has 0 saturated heterocycles. The number of phenols is 1. The lowest BCUT2D eigenvalue weighted by molar-refractivity contribution is -0.112.